The zero-order chi connectivity index (χ0) is 9.42. The maximum atomic E-state index is 11.3. The van der Waals surface area contributed by atoms with Crippen molar-refractivity contribution in [3.63, 3.8) is 0 Å². The van der Waals surface area contributed by atoms with Crippen LogP contribution in [0.15, 0.2) is 22.8 Å². The number of carbonyl (C=O) groups is 1. The molecular weight excluding hydrogens is 168 g/mol. The fourth-order valence-corrected chi connectivity index (χ4v) is 1.69. The lowest BCUT2D eigenvalue weighted by Gasteiger charge is -2.21. The Kier molecular flexibility index (Phi) is 1.84. The monoisotopic (exact) mass is 180 g/mol. The summed E-state index contributed by atoms with van der Waals surface area (Å²) in [6, 6.07) is 3.72. The highest BCUT2D eigenvalue weighted by atomic mass is 16.3. The van der Waals surface area contributed by atoms with Crippen LogP contribution in [0.5, 0.6) is 0 Å². The molecular formula is C9H12N2O2. The molecule has 1 aromatic rings. The second-order valence-corrected chi connectivity index (χ2v) is 3.31. The van der Waals surface area contributed by atoms with Crippen molar-refractivity contribution in [1.82, 2.24) is 9.80 Å². The van der Waals surface area contributed by atoms with Gasteiger partial charge in [-0.2, -0.15) is 0 Å². The summed E-state index contributed by atoms with van der Waals surface area (Å²) in [6.45, 7) is 0.460. The summed E-state index contributed by atoms with van der Waals surface area (Å²) in [6.07, 6.45) is 1.59. The summed E-state index contributed by atoms with van der Waals surface area (Å²) in [5.74, 6) is 0.944. The highest BCUT2D eigenvalue weighted by molar-refractivity contribution is 5.80. The van der Waals surface area contributed by atoms with Gasteiger partial charge < -0.3 is 9.32 Å². The zero-order valence-electron chi connectivity index (χ0n) is 7.73. The summed E-state index contributed by atoms with van der Waals surface area (Å²) in [7, 11) is 3.70. The molecule has 0 bridgehead atoms. The molecule has 1 atom stereocenters. The van der Waals surface area contributed by atoms with Gasteiger partial charge in [-0.25, -0.2) is 0 Å². The standard InChI is InChI=1S/C9H12N2O2/c1-10-6-8(12)11(2)9(10)7-4-3-5-13-7/h3-5,9H,6H2,1-2H3. The normalized spacial score (nSPS) is 24.3. The SMILES string of the molecule is CN1CC(=O)N(C)C1c1ccco1. The van der Waals surface area contributed by atoms with Gasteiger partial charge in [-0.15, -0.1) is 0 Å². The molecule has 13 heavy (non-hydrogen) atoms. The molecule has 1 aliphatic heterocycles. The second kappa shape index (κ2) is 2.88. The van der Waals surface area contributed by atoms with Gasteiger partial charge in [-0.05, 0) is 19.2 Å². The van der Waals surface area contributed by atoms with E-state index in [0.717, 1.165) is 5.76 Å². The Morgan fingerprint density at radius 3 is 2.77 bits per heavy atom. The van der Waals surface area contributed by atoms with Crippen molar-refractivity contribution in [2.24, 2.45) is 0 Å². The van der Waals surface area contributed by atoms with Crippen LogP contribution in [0.2, 0.25) is 0 Å². The lowest BCUT2D eigenvalue weighted by Crippen LogP contribution is -2.26. The van der Waals surface area contributed by atoms with E-state index in [-0.39, 0.29) is 12.1 Å². The van der Waals surface area contributed by atoms with Crippen molar-refractivity contribution in [2.45, 2.75) is 6.17 Å². The third kappa shape index (κ3) is 1.23. The van der Waals surface area contributed by atoms with E-state index in [0.29, 0.717) is 6.54 Å². The molecule has 0 spiro atoms. The van der Waals surface area contributed by atoms with E-state index in [4.69, 9.17) is 4.42 Å². The molecule has 0 aromatic carbocycles. The number of amides is 1. The molecule has 2 heterocycles. The average Bonchev–Trinajstić information content (AvgIpc) is 2.63. The van der Waals surface area contributed by atoms with Crippen molar-refractivity contribution >= 4 is 5.91 Å². The molecule has 1 unspecified atom stereocenters. The summed E-state index contributed by atoms with van der Waals surface area (Å²) >= 11 is 0. The minimum absolute atomic E-state index is 0.0394. The number of furan rings is 1. The fourth-order valence-electron chi connectivity index (χ4n) is 1.69. The lowest BCUT2D eigenvalue weighted by atomic mass is 10.3. The Bertz CT molecular complexity index is 307. The minimum atomic E-state index is -0.0394. The number of rotatable bonds is 1. The first-order valence-corrected chi connectivity index (χ1v) is 4.19. The predicted molar refractivity (Wildman–Crippen MR) is 46.8 cm³/mol. The highest BCUT2D eigenvalue weighted by Crippen LogP contribution is 2.27. The third-order valence-corrected chi connectivity index (χ3v) is 2.36. The van der Waals surface area contributed by atoms with Crippen LogP contribution in [0.4, 0.5) is 0 Å². The Morgan fingerprint density at radius 2 is 2.31 bits per heavy atom. The maximum absolute atomic E-state index is 11.3. The molecule has 1 saturated heterocycles. The highest BCUT2D eigenvalue weighted by Gasteiger charge is 2.35. The first kappa shape index (κ1) is 8.31. The van der Waals surface area contributed by atoms with Gasteiger partial charge in [-0.1, -0.05) is 0 Å². The molecule has 0 aliphatic carbocycles. The van der Waals surface area contributed by atoms with E-state index >= 15 is 0 Å². The number of nitrogens with zero attached hydrogens (tertiary/aromatic N) is 2. The van der Waals surface area contributed by atoms with Crippen LogP contribution < -0.4 is 0 Å². The van der Waals surface area contributed by atoms with Crippen molar-refractivity contribution < 1.29 is 9.21 Å². The number of likely N-dealkylation sites (N-methyl/N-ethyl adjacent to an activating group) is 2. The molecule has 1 fully saturated rings. The van der Waals surface area contributed by atoms with Crippen LogP contribution in [0.25, 0.3) is 0 Å². The number of hydrogen-bond acceptors (Lipinski definition) is 3. The van der Waals surface area contributed by atoms with Crippen LogP contribution >= 0.6 is 0 Å². The second-order valence-electron chi connectivity index (χ2n) is 3.31. The molecule has 1 amide bonds. The average molecular weight is 180 g/mol. The maximum Gasteiger partial charge on any atom is 0.238 e. The molecule has 70 valence electrons. The van der Waals surface area contributed by atoms with E-state index < -0.39 is 0 Å². The quantitative estimate of drug-likeness (QED) is 0.637. The van der Waals surface area contributed by atoms with Crippen LogP contribution in [0.1, 0.15) is 11.9 Å². The smallest absolute Gasteiger partial charge is 0.238 e. The fraction of sp³-hybridized carbons (Fsp3) is 0.444. The number of carbonyl (C=O) groups excluding carboxylic acids is 1. The minimum Gasteiger partial charge on any atom is -0.466 e. The van der Waals surface area contributed by atoms with Crippen molar-refractivity contribution in [2.75, 3.05) is 20.6 Å². The molecule has 1 aromatic heterocycles. The first-order valence-electron chi connectivity index (χ1n) is 4.19. The predicted octanol–water partition coefficient (Wildman–Crippen LogP) is 0.682. The van der Waals surface area contributed by atoms with Crippen molar-refractivity contribution in [3.05, 3.63) is 24.2 Å². The topological polar surface area (TPSA) is 36.7 Å². The molecule has 0 radical (unpaired) electrons. The van der Waals surface area contributed by atoms with E-state index in [1.807, 2.05) is 24.1 Å². The molecule has 4 heteroatoms. The number of hydrogen-bond donors (Lipinski definition) is 0. The van der Waals surface area contributed by atoms with Crippen LogP contribution in [-0.2, 0) is 4.79 Å². The van der Waals surface area contributed by atoms with Crippen molar-refractivity contribution in [1.29, 1.82) is 0 Å². The summed E-state index contributed by atoms with van der Waals surface area (Å²) in [5, 5.41) is 0. The molecule has 0 N–H and O–H groups in total. The van der Waals surface area contributed by atoms with Gasteiger partial charge >= 0.3 is 0 Å². The Hall–Kier alpha value is -1.29. The van der Waals surface area contributed by atoms with E-state index in [2.05, 4.69) is 0 Å². The van der Waals surface area contributed by atoms with E-state index in [1.165, 1.54) is 0 Å². The third-order valence-electron chi connectivity index (χ3n) is 2.36. The zero-order valence-corrected chi connectivity index (χ0v) is 7.73. The van der Waals surface area contributed by atoms with Crippen molar-refractivity contribution in [3.8, 4) is 0 Å². The molecule has 4 nitrogen and oxygen atoms in total. The largest absolute Gasteiger partial charge is 0.466 e. The van der Waals surface area contributed by atoms with Crippen LogP contribution in [-0.4, -0.2) is 36.3 Å². The summed E-state index contributed by atoms with van der Waals surface area (Å²) < 4.78 is 5.27. The van der Waals surface area contributed by atoms with Crippen LogP contribution in [0, 0.1) is 0 Å². The van der Waals surface area contributed by atoms with Gasteiger partial charge in [0.1, 0.15) is 11.9 Å². The molecule has 1 aliphatic rings. The summed E-state index contributed by atoms with van der Waals surface area (Å²) in [4.78, 5) is 15.0. The van der Waals surface area contributed by atoms with Crippen LogP contribution in [0.3, 0.4) is 0 Å². The van der Waals surface area contributed by atoms with Gasteiger partial charge in [0.15, 0.2) is 0 Å². The van der Waals surface area contributed by atoms with Gasteiger partial charge in [0.25, 0.3) is 0 Å². The Balaban J connectivity index is 2.29. The van der Waals surface area contributed by atoms with Gasteiger partial charge in [0.05, 0.1) is 12.8 Å². The van der Waals surface area contributed by atoms with Gasteiger partial charge in [-0.3, -0.25) is 9.69 Å². The lowest BCUT2D eigenvalue weighted by molar-refractivity contribution is -0.126. The van der Waals surface area contributed by atoms with Gasteiger partial charge in [0, 0.05) is 7.05 Å². The molecule has 2 rings (SSSR count). The Morgan fingerprint density at radius 1 is 1.54 bits per heavy atom. The van der Waals surface area contributed by atoms with Gasteiger partial charge in [0.2, 0.25) is 5.91 Å². The summed E-state index contributed by atoms with van der Waals surface area (Å²) in [5.41, 5.74) is 0. The van der Waals surface area contributed by atoms with E-state index in [1.54, 1.807) is 18.2 Å². The molecule has 0 saturated carbocycles. The van der Waals surface area contributed by atoms with E-state index in [9.17, 15) is 4.79 Å². The Labute approximate surface area is 76.7 Å². The first-order chi connectivity index (χ1) is 6.20.